The molecule has 2 heterocycles. The number of rotatable bonds is 4. The van der Waals surface area contributed by atoms with Gasteiger partial charge in [0.25, 0.3) is 0 Å². The highest BCUT2D eigenvalue weighted by Gasteiger charge is 2.08. The highest BCUT2D eigenvalue weighted by Crippen LogP contribution is 2.14. The van der Waals surface area contributed by atoms with Crippen molar-refractivity contribution in [3.05, 3.63) is 47.5 Å². The lowest BCUT2D eigenvalue weighted by molar-refractivity contribution is 0.571. The van der Waals surface area contributed by atoms with Gasteiger partial charge in [0.2, 0.25) is 0 Å². The van der Waals surface area contributed by atoms with Crippen molar-refractivity contribution in [2.45, 2.75) is 26.4 Å². The molecule has 0 aliphatic rings. The quantitative estimate of drug-likeness (QED) is 0.821. The molecule has 0 aliphatic heterocycles. The van der Waals surface area contributed by atoms with Gasteiger partial charge in [0.1, 0.15) is 0 Å². The van der Waals surface area contributed by atoms with Gasteiger partial charge in [-0.15, -0.1) is 0 Å². The van der Waals surface area contributed by atoms with Gasteiger partial charge in [-0.25, -0.2) is 0 Å². The molecule has 0 radical (unpaired) electrons. The Morgan fingerprint density at radius 1 is 1.44 bits per heavy atom. The Balaban J connectivity index is 1.94. The summed E-state index contributed by atoms with van der Waals surface area (Å²) in [7, 11) is 0. The van der Waals surface area contributed by atoms with Crippen LogP contribution >= 0.6 is 0 Å². The van der Waals surface area contributed by atoms with Crippen LogP contribution in [0.4, 0.5) is 0 Å². The Morgan fingerprint density at radius 3 is 2.94 bits per heavy atom. The average molecular weight is 216 g/mol. The van der Waals surface area contributed by atoms with Crippen molar-refractivity contribution in [3.63, 3.8) is 0 Å². The first-order valence-corrected chi connectivity index (χ1v) is 5.39. The minimum Gasteiger partial charge on any atom is -0.306 e. The fourth-order valence-corrected chi connectivity index (χ4v) is 1.68. The van der Waals surface area contributed by atoms with Gasteiger partial charge in [-0.1, -0.05) is 6.07 Å². The van der Waals surface area contributed by atoms with Crippen LogP contribution in [0.25, 0.3) is 0 Å². The molecule has 0 aromatic carbocycles. The summed E-state index contributed by atoms with van der Waals surface area (Å²) in [5.74, 6) is 0. The molecule has 4 nitrogen and oxygen atoms in total. The fourth-order valence-electron chi connectivity index (χ4n) is 1.68. The number of nitrogens with one attached hydrogen (secondary N) is 2. The second-order valence-corrected chi connectivity index (χ2v) is 3.91. The molecule has 2 aromatic heterocycles. The molecule has 2 aromatic rings. The molecular formula is C12H16N4. The van der Waals surface area contributed by atoms with E-state index >= 15 is 0 Å². The lowest BCUT2D eigenvalue weighted by Gasteiger charge is -2.12. The number of hydrogen-bond donors (Lipinski definition) is 2. The number of pyridine rings is 1. The van der Waals surface area contributed by atoms with Crippen molar-refractivity contribution in [2.75, 3.05) is 0 Å². The standard InChI is InChI=1S/C12H16N4/c1-9(12-8-15-16-10(12)2)14-7-11-4-3-5-13-6-11/h3-6,8-9,14H,7H2,1-2H3,(H,15,16)/t9-/m0/s1. The van der Waals surface area contributed by atoms with Gasteiger partial charge < -0.3 is 5.32 Å². The molecule has 0 saturated carbocycles. The maximum atomic E-state index is 4.08. The summed E-state index contributed by atoms with van der Waals surface area (Å²) in [6, 6.07) is 4.30. The molecule has 0 bridgehead atoms. The maximum Gasteiger partial charge on any atom is 0.0537 e. The van der Waals surface area contributed by atoms with Gasteiger partial charge >= 0.3 is 0 Å². The van der Waals surface area contributed by atoms with E-state index in [-0.39, 0.29) is 0 Å². The van der Waals surface area contributed by atoms with Gasteiger partial charge in [-0.3, -0.25) is 10.1 Å². The van der Waals surface area contributed by atoms with Crippen molar-refractivity contribution in [2.24, 2.45) is 0 Å². The Kier molecular flexibility index (Phi) is 3.31. The van der Waals surface area contributed by atoms with Gasteiger partial charge in [0.15, 0.2) is 0 Å². The first kappa shape index (κ1) is 10.8. The minimum absolute atomic E-state index is 0.291. The van der Waals surface area contributed by atoms with Crippen LogP contribution in [-0.2, 0) is 6.54 Å². The van der Waals surface area contributed by atoms with Crippen molar-refractivity contribution >= 4 is 0 Å². The molecule has 0 aliphatic carbocycles. The third-order valence-electron chi connectivity index (χ3n) is 2.67. The zero-order chi connectivity index (χ0) is 11.4. The van der Waals surface area contributed by atoms with Gasteiger partial charge in [0.05, 0.1) is 6.20 Å². The highest BCUT2D eigenvalue weighted by molar-refractivity contribution is 5.19. The normalized spacial score (nSPS) is 12.6. The summed E-state index contributed by atoms with van der Waals surface area (Å²) in [4.78, 5) is 4.08. The largest absolute Gasteiger partial charge is 0.306 e. The number of nitrogens with zero attached hydrogens (tertiary/aromatic N) is 2. The highest BCUT2D eigenvalue weighted by atomic mass is 15.1. The van der Waals surface area contributed by atoms with Crippen LogP contribution < -0.4 is 5.32 Å². The smallest absolute Gasteiger partial charge is 0.0537 e. The van der Waals surface area contributed by atoms with Crippen LogP contribution in [0.5, 0.6) is 0 Å². The van der Waals surface area contributed by atoms with E-state index in [1.165, 1.54) is 11.1 Å². The second-order valence-electron chi connectivity index (χ2n) is 3.91. The predicted molar refractivity (Wildman–Crippen MR) is 62.8 cm³/mol. The van der Waals surface area contributed by atoms with E-state index in [1.807, 2.05) is 25.4 Å². The van der Waals surface area contributed by atoms with Crippen LogP contribution in [0.1, 0.15) is 29.8 Å². The summed E-state index contributed by atoms with van der Waals surface area (Å²) in [5.41, 5.74) is 3.52. The summed E-state index contributed by atoms with van der Waals surface area (Å²) in [6.45, 7) is 4.98. The molecule has 4 heteroatoms. The van der Waals surface area contributed by atoms with Gasteiger partial charge in [0, 0.05) is 36.2 Å². The van der Waals surface area contributed by atoms with Crippen molar-refractivity contribution in [1.29, 1.82) is 0 Å². The first-order valence-electron chi connectivity index (χ1n) is 5.39. The number of H-pyrrole nitrogens is 1. The lowest BCUT2D eigenvalue weighted by atomic mass is 10.1. The molecule has 2 rings (SSSR count). The van der Waals surface area contributed by atoms with E-state index in [0.29, 0.717) is 6.04 Å². The van der Waals surface area contributed by atoms with Crippen LogP contribution in [-0.4, -0.2) is 15.2 Å². The van der Waals surface area contributed by atoms with Gasteiger partial charge in [-0.2, -0.15) is 5.10 Å². The van der Waals surface area contributed by atoms with Crippen molar-refractivity contribution in [1.82, 2.24) is 20.5 Å². The zero-order valence-corrected chi connectivity index (χ0v) is 9.57. The number of hydrogen-bond acceptors (Lipinski definition) is 3. The Morgan fingerprint density at radius 2 is 2.31 bits per heavy atom. The van der Waals surface area contributed by atoms with Crippen molar-refractivity contribution < 1.29 is 0 Å². The van der Waals surface area contributed by atoms with Crippen LogP contribution in [0.2, 0.25) is 0 Å². The van der Waals surface area contributed by atoms with Crippen LogP contribution in [0, 0.1) is 6.92 Å². The zero-order valence-electron chi connectivity index (χ0n) is 9.57. The van der Waals surface area contributed by atoms with E-state index in [9.17, 15) is 0 Å². The topological polar surface area (TPSA) is 53.6 Å². The summed E-state index contributed by atoms with van der Waals surface area (Å²) in [5, 5.41) is 10.4. The monoisotopic (exact) mass is 216 g/mol. The molecule has 0 saturated heterocycles. The minimum atomic E-state index is 0.291. The van der Waals surface area contributed by atoms with Crippen LogP contribution in [0.3, 0.4) is 0 Å². The van der Waals surface area contributed by atoms with E-state index < -0.39 is 0 Å². The third-order valence-corrected chi connectivity index (χ3v) is 2.67. The Labute approximate surface area is 95.1 Å². The molecule has 0 unspecified atom stereocenters. The third kappa shape index (κ3) is 2.46. The van der Waals surface area contributed by atoms with Gasteiger partial charge in [-0.05, 0) is 25.5 Å². The maximum absolute atomic E-state index is 4.08. The van der Waals surface area contributed by atoms with E-state index in [2.05, 4.69) is 33.5 Å². The van der Waals surface area contributed by atoms with E-state index in [4.69, 9.17) is 0 Å². The summed E-state index contributed by atoms with van der Waals surface area (Å²) in [6.07, 6.45) is 5.53. The molecular weight excluding hydrogens is 200 g/mol. The predicted octanol–water partition coefficient (Wildman–Crippen LogP) is 1.96. The fraction of sp³-hybridized carbons (Fsp3) is 0.333. The number of aromatic amines is 1. The first-order chi connectivity index (χ1) is 7.77. The molecule has 0 fully saturated rings. The van der Waals surface area contributed by atoms with Crippen molar-refractivity contribution in [3.8, 4) is 0 Å². The molecule has 0 spiro atoms. The average Bonchev–Trinajstić information content (AvgIpc) is 2.74. The summed E-state index contributed by atoms with van der Waals surface area (Å²) < 4.78 is 0. The molecule has 84 valence electrons. The lowest BCUT2D eigenvalue weighted by Crippen LogP contribution is -2.18. The molecule has 1 atom stereocenters. The SMILES string of the molecule is Cc1[nH]ncc1[C@H](C)NCc1cccnc1. The molecule has 2 N–H and O–H groups in total. The second kappa shape index (κ2) is 4.90. The number of aromatic nitrogens is 3. The molecule has 16 heavy (non-hydrogen) atoms. The molecule has 0 amide bonds. The Hall–Kier alpha value is -1.68. The van der Waals surface area contributed by atoms with E-state index in [1.54, 1.807) is 6.20 Å². The number of aryl methyl sites for hydroxylation is 1. The Bertz CT molecular complexity index is 435. The summed E-state index contributed by atoms with van der Waals surface area (Å²) >= 11 is 0. The van der Waals surface area contributed by atoms with E-state index in [0.717, 1.165) is 12.2 Å². The van der Waals surface area contributed by atoms with Crippen LogP contribution in [0.15, 0.2) is 30.7 Å².